The van der Waals surface area contributed by atoms with Gasteiger partial charge in [0.15, 0.2) is 0 Å². The molecular formula is C15H16Cl2N2O. The molecule has 3 nitrogen and oxygen atoms in total. The van der Waals surface area contributed by atoms with Crippen LogP contribution < -0.4 is 15.4 Å². The molecule has 0 aliphatic rings. The molecule has 5 heteroatoms. The van der Waals surface area contributed by atoms with E-state index in [4.69, 9.17) is 27.9 Å². The van der Waals surface area contributed by atoms with E-state index in [2.05, 4.69) is 10.6 Å². The zero-order valence-electron chi connectivity index (χ0n) is 11.1. The van der Waals surface area contributed by atoms with Crippen molar-refractivity contribution < 1.29 is 4.74 Å². The summed E-state index contributed by atoms with van der Waals surface area (Å²) in [7, 11) is 1.65. The summed E-state index contributed by atoms with van der Waals surface area (Å²) in [4.78, 5) is 0. The van der Waals surface area contributed by atoms with Crippen molar-refractivity contribution in [3.8, 4) is 5.75 Å². The lowest BCUT2D eigenvalue weighted by Crippen LogP contribution is -2.13. The fourth-order valence-electron chi connectivity index (χ4n) is 1.75. The van der Waals surface area contributed by atoms with Gasteiger partial charge in [0.25, 0.3) is 0 Å². The number of halogens is 2. The van der Waals surface area contributed by atoms with Gasteiger partial charge in [0.05, 0.1) is 22.8 Å². The van der Waals surface area contributed by atoms with Crippen LogP contribution in [0.15, 0.2) is 42.5 Å². The Kier molecular flexibility index (Phi) is 5.39. The summed E-state index contributed by atoms with van der Waals surface area (Å²) in [5.74, 6) is 0.847. The van der Waals surface area contributed by atoms with Gasteiger partial charge in [-0.2, -0.15) is 0 Å². The Hall–Kier alpha value is -1.58. The lowest BCUT2D eigenvalue weighted by atomic mass is 10.3. The molecule has 0 aliphatic carbocycles. The number of hydrogen-bond acceptors (Lipinski definition) is 3. The van der Waals surface area contributed by atoms with Crippen LogP contribution in [0.2, 0.25) is 10.0 Å². The van der Waals surface area contributed by atoms with Crippen molar-refractivity contribution in [1.82, 2.24) is 0 Å². The summed E-state index contributed by atoms with van der Waals surface area (Å²) in [6, 6.07) is 13.3. The highest BCUT2D eigenvalue weighted by Gasteiger charge is 2.02. The third kappa shape index (κ3) is 3.95. The summed E-state index contributed by atoms with van der Waals surface area (Å²) in [5.41, 5.74) is 1.89. The molecule has 20 heavy (non-hydrogen) atoms. The molecule has 0 aliphatic heterocycles. The summed E-state index contributed by atoms with van der Waals surface area (Å²) in [5, 5.41) is 7.66. The Balaban J connectivity index is 1.80. The molecule has 0 fully saturated rings. The number of ether oxygens (including phenoxy) is 1. The molecule has 0 aromatic heterocycles. The Morgan fingerprint density at radius 3 is 2.35 bits per heavy atom. The third-order valence-electron chi connectivity index (χ3n) is 2.81. The smallest absolute Gasteiger partial charge is 0.119 e. The summed E-state index contributed by atoms with van der Waals surface area (Å²) < 4.78 is 5.11. The predicted molar refractivity (Wildman–Crippen MR) is 86.4 cm³/mol. The SMILES string of the molecule is COc1ccc(NCCNc2cccc(Cl)c2Cl)cc1. The molecule has 0 saturated carbocycles. The van der Waals surface area contributed by atoms with Gasteiger partial charge in [0.2, 0.25) is 0 Å². The van der Waals surface area contributed by atoms with Crippen LogP contribution in [0.25, 0.3) is 0 Å². The number of hydrogen-bond donors (Lipinski definition) is 2. The second-order valence-corrected chi connectivity index (χ2v) is 4.97. The molecule has 0 unspecified atom stereocenters. The molecule has 2 N–H and O–H groups in total. The van der Waals surface area contributed by atoms with Crippen molar-refractivity contribution in [2.75, 3.05) is 30.8 Å². The van der Waals surface area contributed by atoms with Crippen LogP contribution in [0.5, 0.6) is 5.75 Å². The molecule has 0 spiro atoms. The third-order valence-corrected chi connectivity index (χ3v) is 3.63. The van der Waals surface area contributed by atoms with Crippen LogP contribution >= 0.6 is 23.2 Å². The lowest BCUT2D eigenvalue weighted by molar-refractivity contribution is 0.415. The summed E-state index contributed by atoms with van der Waals surface area (Å²) in [6.45, 7) is 1.52. The molecule has 0 amide bonds. The number of rotatable bonds is 6. The Labute approximate surface area is 128 Å². The van der Waals surface area contributed by atoms with Gasteiger partial charge >= 0.3 is 0 Å². The predicted octanol–water partition coefficient (Wildman–Crippen LogP) is 4.53. The van der Waals surface area contributed by atoms with E-state index in [1.54, 1.807) is 13.2 Å². The van der Waals surface area contributed by atoms with E-state index in [-0.39, 0.29) is 0 Å². The van der Waals surface area contributed by atoms with Crippen LogP contribution in [0.1, 0.15) is 0 Å². The van der Waals surface area contributed by atoms with Crippen LogP contribution in [-0.2, 0) is 0 Å². The maximum atomic E-state index is 6.09. The topological polar surface area (TPSA) is 33.3 Å². The first-order chi connectivity index (χ1) is 9.70. The largest absolute Gasteiger partial charge is 0.497 e. The minimum absolute atomic E-state index is 0.554. The first-order valence-electron chi connectivity index (χ1n) is 6.26. The van der Waals surface area contributed by atoms with E-state index in [1.807, 2.05) is 36.4 Å². The van der Waals surface area contributed by atoms with Crippen molar-refractivity contribution in [3.63, 3.8) is 0 Å². The average Bonchev–Trinajstić information content (AvgIpc) is 2.48. The fourth-order valence-corrected chi connectivity index (χ4v) is 2.12. The maximum Gasteiger partial charge on any atom is 0.119 e. The van der Waals surface area contributed by atoms with Crippen LogP contribution in [0.4, 0.5) is 11.4 Å². The van der Waals surface area contributed by atoms with Crippen LogP contribution in [0.3, 0.4) is 0 Å². The molecule has 0 bridgehead atoms. The highest BCUT2D eigenvalue weighted by molar-refractivity contribution is 6.43. The van der Waals surface area contributed by atoms with E-state index in [0.29, 0.717) is 10.0 Å². The number of methoxy groups -OCH3 is 1. The van der Waals surface area contributed by atoms with E-state index in [9.17, 15) is 0 Å². The lowest BCUT2D eigenvalue weighted by Gasteiger charge is -2.11. The van der Waals surface area contributed by atoms with Gasteiger partial charge in [-0.3, -0.25) is 0 Å². The van der Waals surface area contributed by atoms with Gasteiger partial charge in [0.1, 0.15) is 5.75 Å². The van der Waals surface area contributed by atoms with Crippen molar-refractivity contribution in [3.05, 3.63) is 52.5 Å². The van der Waals surface area contributed by atoms with E-state index < -0.39 is 0 Å². The fraction of sp³-hybridized carbons (Fsp3) is 0.200. The van der Waals surface area contributed by atoms with Crippen LogP contribution in [-0.4, -0.2) is 20.2 Å². The minimum Gasteiger partial charge on any atom is -0.497 e. The second kappa shape index (κ2) is 7.27. The van der Waals surface area contributed by atoms with Gasteiger partial charge in [-0.1, -0.05) is 29.3 Å². The first-order valence-corrected chi connectivity index (χ1v) is 7.02. The molecule has 2 aromatic rings. The Morgan fingerprint density at radius 2 is 1.65 bits per heavy atom. The quantitative estimate of drug-likeness (QED) is 0.769. The normalized spacial score (nSPS) is 10.2. The zero-order chi connectivity index (χ0) is 14.4. The number of nitrogens with one attached hydrogen (secondary N) is 2. The number of anilines is 2. The minimum atomic E-state index is 0.554. The zero-order valence-corrected chi connectivity index (χ0v) is 12.6. The van der Waals surface area contributed by atoms with E-state index in [1.165, 1.54) is 0 Å². The van der Waals surface area contributed by atoms with Gasteiger partial charge in [-0.25, -0.2) is 0 Å². The Bertz CT molecular complexity index is 558. The van der Waals surface area contributed by atoms with Crippen molar-refractivity contribution in [2.24, 2.45) is 0 Å². The number of benzene rings is 2. The molecule has 0 heterocycles. The monoisotopic (exact) mass is 310 g/mol. The standard InChI is InChI=1S/C15H16Cl2N2O/c1-20-12-7-5-11(6-8-12)18-9-10-19-14-4-2-3-13(16)15(14)17/h2-8,18-19H,9-10H2,1H3. The van der Waals surface area contributed by atoms with E-state index in [0.717, 1.165) is 30.2 Å². The highest BCUT2D eigenvalue weighted by Crippen LogP contribution is 2.29. The van der Waals surface area contributed by atoms with E-state index >= 15 is 0 Å². The van der Waals surface area contributed by atoms with Crippen molar-refractivity contribution in [1.29, 1.82) is 0 Å². The Morgan fingerprint density at radius 1 is 0.950 bits per heavy atom. The summed E-state index contributed by atoms with van der Waals surface area (Å²) >= 11 is 12.0. The van der Waals surface area contributed by atoms with Gasteiger partial charge < -0.3 is 15.4 Å². The van der Waals surface area contributed by atoms with Gasteiger partial charge in [0, 0.05) is 18.8 Å². The molecule has 0 atom stereocenters. The molecule has 0 saturated heterocycles. The maximum absolute atomic E-state index is 6.09. The molecule has 106 valence electrons. The van der Waals surface area contributed by atoms with Gasteiger partial charge in [-0.05, 0) is 36.4 Å². The van der Waals surface area contributed by atoms with Crippen molar-refractivity contribution >= 4 is 34.6 Å². The molecule has 2 rings (SSSR count). The molecular weight excluding hydrogens is 295 g/mol. The van der Waals surface area contributed by atoms with Gasteiger partial charge in [-0.15, -0.1) is 0 Å². The summed E-state index contributed by atoms with van der Waals surface area (Å²) in [6.07, 6.45) is 0. The second-order valence-electron chi connectivity index (χ2n) is 4.18. The first kappa shape index (κ1) is 14.8. The molecule has 0 radical (unpaired) electrons. The average molecular weight is 311 g/mol. The van der Waals surface area contributed by atoms with Crippen molar-refractivity contribution in [2.45, 2.75) is 0 Å². The highest BCUT2D eigenvalue weighted by atomic mass is 35.5. The molecule has 2 aromatic carbocycles. The van der Waals surface area contributed by atoms with Crippen LogP contribution in [0, 0.1) is 0 Å².